The monoisotopic (exact) mass is 267 g/mol. The molecule has 0 spiro atoms. The second-order valence-electron chi connectivity index (χ2n) is 4.79. The molecule has 2 aromatic rings. The number of nitriles is 1. The molecule has 1 N–H and O–H groups in total. The fourth-order valence-electron chi connectivity index (χ4n) is 1.93. The zero-order chi connectivity index (χ0) is 14.5. The Morgan fingerprint density at radius 1 is 1.20 bits per heavy atom. The molecule has 0 aliphatic heterocycles. The molecule has 0 aliphatic carbocycles. The van der Waals surface area contributed by atoms with E-state index in [0.29, 0.717) is 12.2 Å². The zero-order valence-corrected chi connectivity index (χ0v) is 11.6. The average molecular weight is 267 g/mol. The summed E-state index contributed by atoms with van der Waals surface area (Å²) in [6, 6.07) is 15.1. The van der Waals surface area contributed by atoms with Crippen molar-refractivity contribution in [1.82, 2.24) is 0 Å². The van der Waals surface area contributed by atoms with Crippen molar-refractivity contribution in [3.63, 3.8) is 0 Å². The molecule has 3 heteroatoms. The Hall–Kier alpha value is -2.31. The highest BCUT2D eigenvalue weighted by molar-refractivity contribution is 5.37. The summed E-state index contributed by atoms with van der Waals surface area (Å²) in [7, 11) is 0. The Kier molecular flexibility index (Phi) is 4.39. The Balaban J connectivity index is 2.03. The van der Waals surface area contributed by atoms with Crippen LogP contribution in [0, 0.1) is 18.3 Å². The molecule has 20 heavy (non-hydrogen) atoms. The smallest absolute Gasteiger partial charge is 0.119 e. The lowest BCUT2D eigenvalue weighted by Crippen LogP contribution is -1.99. The SMILES string of the molecule is Cc1cc(C#N)ccc1COc1ccc([C@@H](C)O)cc1. The Labute approximate surface area is 119 Å². The summed E-state index contributed by atoms with van der Waals surface area (Å²) in [6.07, 6.45) is -0.468. The van der Waals surface area contributed by atoms with Crippen molar-refractivity contribution in [2.75, 3.05) is 0 Å². The Morgan fingerprint density at radius 3 is 2.45 bits per heavy atom. The van der Waals surface area contributed by atoms with Crippen LogP contribution in [0.15, 0.2) is 42.5 Å². The van der Waals surface area contributed by atoms with Crippen molar-refractivity contribution in [3.8, 4) is 11.8 Å². The number of aliphatic hydroxyl groups is 1. The van der Waals surface area contributed by atoms with Gasteiger partial charge in [-0.1, -0.05) is 18.2 Å². The van der Waals surface area contributed by atoms with Gasteiger partial charge in [-0.3, -0.25) is 0 Å². The summed E-state index contributed by atoms with van der Waals surface area (Å²) >= 11 is 0. The van der Waals surface area contributed by atoms with Gasteiger partial charge in [0.05, 0.1) is 17.7 Å². The van der Waals surface area contributed by atoms with E-state index in [1.54, 1.807) is 13.0 Å². The number of hydrogen-bond acceptors (Lipinski definition) is 3. The van der Waals surface area contributed by atoms with Crippen molar-refractivity contribution in [1.29, 1.82) is 5.26 Å². The highest BCUT2D eigenvalue weighted by Crippen LogP contribution is 2.19. The lowest BCUT2D eigenvalue weighted by atomic mass is 10.1. The summed E-state index contributed by atoms with van der Waals surface area (Å²) in [6.45, 7) is 4.16. The van der Waals surface area contributed by atoms with Gasteiger partial charge < -0.3 is 9.84 Å². The fourth-order valence-corrected chi connectivity index (χ4v) is 1.93. The molecule has 0 heterocycles. The van der Waals surface area contributed by atoms with E-state index in [0.717, 1.165) is 22.4 Å². The van der Waals surface area contributed by atoms with Crippen LogP contribution in [0.1, 0.15) is 35.3 Å². The van der Waals surface area contributed by atoms with Crippen LogP contribution in [0.3, 0.4) is 0 Å². The van der Waals surface area contributed by atoms with Crippen molar-refractivity contribution in [2.24, 2.45) is 0 Å². The number of ether oxygens (including phenoxy) is 1. The fraction of sp³-hybridized carbons (Fsp3) is 0.235. The highest BCUT2D eigenvalue weighted by Gasteiger charge is 2.03. The van der Waals surface area contributed by atoms with Gasteiger partial charge >= 0.3 is 0 Å². The van der Waals surface area contributed by atoms with Crippen LogP contribution >= 0.6 is 0 Å². The van der Waals surface area contributed by atoms with Crippen LogP contribution in [-0.2, 0) is 6.61 Å². The number of aliphatic hydroxyl groups excluding tert-OH is 1. The van der Waals surface area contributed by atoms with Crippen LogP contribution in [0.25, 0.3) is 0 Å². The van der Waals surface area contributed by atoms with Crippen molar-refractivity contribution in [3.05, 3.63) is 64.7 Å². The second kappa shape index (κ2) is 6.23. The van der Waals surface area contributed by atoms with Gasteiger partial charge in [0.1, 0.15) is 12.4 Å². The van der Waals surface area contributed by atoms with E-state index in [4.69, 9.17) is 10.00 Å². The van der Waals surface area contributed by atoms with Crippen LogP contribution in [-0.4, -0.2) is 5.11 Å². The van der Waals surface area contributed by atoms with Crippen LogP contribution in [0.2, 0.25) is 0 Å². The van der Waals surface area contributed by atoms with E-state index in [-0.39, 0.29) is 0 Å². The summed E-state index contributed by atoms with van der Waals surface area (Å²) in [5, 5.41) is 18.3. The Bertz CT molecular complexity index is 624. The van der Waals surface area contributed by atoms with E-state index in [2.05, 4.69) is 6.07 Å². The van der Waals surface area contributed by atoms with E-state index in [9.17, 15) is 5.11 Å². The average Bonchev–Trinajstić information content (AvgIpc) is 2.46. The molecule has 3 nitrogen and oxygen atoms in total. The highest BCUT2D eigenvalue weighted by atomic mass is 16.5. The maximum absolute atomic E-state index is 9.44. The van der Waals surface area contributed by atoms with E-state index in [1.165, 1.54) is 0 Å². The van der Waals surface area contributed by atoms with Gasteiger partial charge in [0, 0.05) is 0 Å². The molecular weight excluding hydrogens is 250 g/mol. The predicted molar refractivity (Wildman–Crippen MR) is 77.3 cm³/mol. The van der Waals surface area contributed by atoms with Crippen LogP contribution < -0.4 is 4.74 Å². The first kappa shape index (κ1) is 14.1. The van der Waals surface area contributed by atoms with Gasteiger partial charge in [-0.2, -0.15) is 5.26 Å². The second-order valence-corrected chi connectivity index (χ2v) is 4.79. The maximum Gasteiger partial charge on any atom is 0.119 e. The quantitative estimate of drug-likeness (QED) is 0.922. The molecule has 0 aromatic heterocycles. The van der Waals surface area contributed by atoms with E-state index in [1.807, 2.05) is 43.3 Å². The molecule has 2 rings (SSSR count). The molecule has 0 fully saturated rings. The standard InChI is InChI=1S/C17H17NO2/c1-12-9-14(10-18)3-4-16(12)11-20-17-7-5-15(6-8-17)13(2)19/h3-9,13,19H,11H2,1-2H3/t13-/m1/s1. The number of aryl methyl sites for hydroxylation is 1. The number of hydrogen-bond donors (Lipinski definition) is 1. The molecule has 1 atom stereocenters. The third kappa shape index (κ3) is 3.37. The van der Waals surface area contributed by atoms with Crippen LogP contribution in [0.5, 0.6) is 5.75 Å². The lowest BCUT2D eigenvalue weighted by Gasteiger charge is -2.10. The van der Waals surface area contributed by atoms with Gasteiger partial charge in [-0.25, -0.2) is 0 Å². The Morgan fingerprint density at radius 2 is 1.90 bits per heavy atom. The molecule has 0 bridgehead atoms. The van der Waals surface area contributed by atoms with Crippen molar-refractivity contribution in [2.45, 2.75) is 26.6 Å². The van der Waals surface area contributed by atoms with Gasteiger partial charge in [-0.05, 0) is 54.8 Å². The molecule has 0 radical (unpaired) electrons. The summed E-state index contributed by atoms with van der Waals surface area (Å²) in [5.41, 5.74) is 3.63. The topological polar surface area (TPSA) is 53.2 Å². The minimum atomic E-state index is -0.468. The third-order valence-corrected chi connectivity index (χ3v) is 3.23. The van der Waals surface area contributed by atoms with E-state index >= 15 is 0 Å². The maximum atomic E-state index is 9.44. The van der Waals surface area contributed by atoms with E-state index < -0.39 is 6.10 Å². The molecule has 102 valence electrons. The summed E-state index contributed by atoms with van der Waals surface area (Å²) in [4.78, 5) is 0. The van der Waals surface area contributed by atoms with Gasteiger partial charge in [0.15, 0.2) is 0 Å². The van der Waals surface area contributed by atoms with Crippen molar-refractivity contribution < 1.29 is 9.84 Å². The third-order valence-electron chi connectivity index (χ3n) is 3.23. The minimum absolute atomic E-state index is 0.464. The number of benzene rings is 2. The molecule has 0 amide bonds. The summed E-state index contributed by atoms with van der Waals surface area (Å²) < 4.78 is 5.72. The first-order chi connectivity index (χ1) is 9.60. The van der Waals surface area contributed by atoms with Crippen LogP contribution in [0.4, 0.5) is 0 Å². The first-order valence-electron chi connectivity index (χ1n) is 6.50. The van der Waals surface area contributed by atoms with Gasteiger partial charge in [-0.15, -0.1) is 0 Å². The zero-order valence-electron chi connectivity index (χ0n) is 11.6. The molecule has 0 aliphatic rings. The normalized spacial score (nSPS) is 11.7. The van der Waals surface area contributed by atoms with Crippen molar-refractivity contribution >= 4 is 0 Å². The predicted octanol–water partition coefficient (Wildman–Crippen LogP) is 3.50. The molecular formula is C17H17NO2. The van der Waals surface area contributed by atoms with Gasteiger partial charge in [0.2, 0.25) is 0 Å². The summed E-state index contributed by atoms with van der Waals surface area (Å²) in [5.74, 6) is 0.762. The molecule has 2 aromatic carbocycles. The lowest BCUT2D eigenvalue weighted by molar-refractivity contribution is 0.199. The van der Waals surface area contributed by atoms with Gasteiger partial charge in [0.25, 0.3) is 0 Å². The molecule has 0 saturated carbocycles. The number of rotatable bonds is 4. The molecule has 0 unspecified atom stereocenters. The molecule has 0 saturated heterocycles. The minimum Gasteiger partial charge on any atom is -0.489 e. The first-order valence-corrected chi connectivity index (χ1v) is 6.50. The number of nitrogens with zero attached hydrogens (tertiary/aromatic N) is 1. The largest absolute Gasteiger partial charge is 0.489 e.